The van der Waals surface area contributed by atoms with Gasteiger partial charge in [-0.25, -0.2) is 14.8 Å². The molecule has 1 unspecified atom stereocenters. The molecular weight excluding hydrogens is 851 g/mol. The Kier molecular flexibility index (Phi) is 13.7. The molecule has 0 aliphatic carbocycles. The number of carbonyl (C=O) groups excluding carboxylic acids is 4. The minimum atomic E-state index is -0.946. The minimum absolute atomic E-state index is 0.0789. The monoisotopic (exact) mass is 901 g/mol. The third-order valence-corrected chi connectivity index (χ3v) is 11.1. The van der Waals surface area contributed by atoms with E-state index < -0.39 is 29.7 Å². The summed E-state index contributed by atoms with van der Waals surface area (Å²) in [5.74, 6) is 4.68. The maximum atomic E-state index is 13.8. The molecule has 344 valence electrons. The number of aryl methyl sites for hydroxylation is 4. The molecular formula is C45H51N13O8. The van der Waals surface area contributed by atoms with Crippen LogP contribution in [0.2, 0.25) is 0 Å². The van der Waals surface area contributed by atoms with Gasteiger partial charge in [0.05, 0.1) is 29.5 Å². The van der Waals surface area contributed by atoms with Gasteiger partial charge in [0.2, 0.25) is 23.7 Å². The van der Waals surface area contributed by atoms with Crippen molar-refractivity contribution in [2.45, 2.75) is 73.1 Å². The number of carbonyl (C=O) groups is 5. The molecule has 1 aliphatic rings. The summed E-state index contributed by atoms with van der Waals surface area (Å²) in [4.78, 5) is 74.7. The average Bonchev–Trinajstić information content (AvgIpc) is 4.06. The standard InChI is InChI=1S/C45H51N13O8/c1-6-57-33(19-26(3)52-57)41(61)50-43-48-31-21-29(39(46)59)23-35(65-5)37(31)55(43)16-9-10-17-56-38-32(49-44(56)51-42(62)34-20-27(4)53-58(34)7-2)22-30(40(47)60)24-36(38)66-18-11-8-13-28-14-12-15-54(25-28)45(63)64/h9-10,19-24,28H,6-7,12-18,25H2,1-5H3,(H2,46,59)(H2,47,60)(H,63,64)(H,48,50,61)(H,49,51,62)/b10-9+. The Morgan fingerprint density at radius 3 is 1.79 bits per heavy atom. The minimum Gasteiger partial charge on any atom is -0.494 e. The largest absolute Gasteiger partial charge is 0.494 e. The molecule has 1 aliphatic heterocycles. The van der Waals surface area contributed by atoms with Crippen LogP contribution in [0.5, 0.6) is 11.5 Å². The van der Waals surface area contributed by atoms with Gasteiger partial charge in [-0.3, -0.25) is 39.2 Å². The molecule has 4 aromatic heterocycles. The zero-order chi connectivity index (χ0) is 47.2. The van der Waals surface area contributed by atoms with E-state index in [0.29, 0.717) is 83.2 Å². The molecule has 21 nitrogen and oxygen atoms in total. The van der Waals surface area contributed by atoms with Crippen LogP contribution in [0.1, 0.15) is 86.2 Å². The van der Waals surface area contributed by atoms with Crippen LogP contribution in [0.4, 0.5) is 16.7 Å². The van der Waals surface area contributed by atoms with Crippen LogP contribution in [0, 0.1) is 31.6 Å². The first-order chi connectivity index (χ1) is 31.7. The number of rotatable bonds is 16. The predicted molar refractivity (Wildman–Crippen MR) is 244 cm³/mol. The quantitative estimate of drug-likeness (QED) is 0.0661. The fourth-order valence-corrected chi connectivity index (χ4v) is 7.97. The van der Waals surface area contributed by atoms with Gasteiger partial charge in [0.25, 0.3) is 11.8 Å². The van der Waals surface area contributed by atoms with Crippen LogP contribution in [0.25, 0.3) is 22.1 Å². The Morgan fingerprint density at radius 2 is 1.30 bits per heavy atom. The van der Waals surface area contributed by atoms with Crippen molar-refractivity contribution >= 4 is 63.7 Å². The highest BCUT2D eigenvalue weighted by atomic mass is 16.5. The van der Waals surface area contributed by atoms with Crippen LogP contribution in [0.3, 0.4) is 0 Å². The Hall–Kier alpha value is -8.15. The number of hydrogen-bond acceptors (Lipinski definition) is 11. The second-order valence-corrected chi connectivity index (χ2v) is 15.6. The van der Waals surface area contributed by atoms with Crippen molar-refractivity contribution in [2.24, 2.45) is 17.4 Å². The number of aromatic nitrogens is 8. The van der Waals surface area contributed by atoms with E-state index in [0.717, 1.165) is 12.8 Å². The number of ether oxygens (including phenoxy) is 2. The van der Waals surface area contributed by atoms with E-state index in [1.54, 1.807) is 44.5 Å². The number of nitrogens with one attached hydrogen (secondary N) is 2. The smallest absolute Gasteiger partial charge is 0.407 e. The number of nitrogens with two attached hydrogens (primary N) is 2. The van der Waals surface area contributed by atoms with Crippen molar-refractivity contribution < 1.29 is 38.6 Å². The van der Waals surface area contributed by atoms with Crippen LogP contribution < -0.4 is 31.6 Å². The van der Waals surface area contributed by atoms with E-state index in [1.807, 2.05) is 26.0 Å². The summed E-state index contributed by atoms with van der Waals surface area (Å²) >= 11 is 0. The molecule has 21 heteroatoms. The molecule has 5 heterocycles. The number of piperidine rings is 1. The number of anilines is 2. The number of fused-ring (bicyclic) bond motifs is 2. The number of likely N-dealkylation sites (tertiary alicyclic amines) is 1. The highest BCUT2D eigenvalue weighted by molar-refractivity contribution is 6.05. The van der Waals surface area contributed by atoms with Crippen molar-refractivity contribution in [3.05, 3.63) is 82.5 Å². The van der Waals surface area contributed by atoms with E-state index in [4.69, 9.17) is 25.9 Å². The first-order valence-corrected chi connectivity index (χ1v) is 21.3. The lowest BCUT2D eigenvalue weighted by atomic mass is 9.95. The number of carboxylic acid groups (broad SMARTS) is 1. The summed E-state index contributed by atoms with van der Waals surface area (Å²) in [5, 5.41) is 24.1. The van der Waals surface area contributed by atoms with Crippen molar-refractivity contribution in [3.63, 3.8) is 0 Å². The first kappa shape index (κ1) is 45.9. The SMILES string of the molecule is CCn1nc(C)cc1C(=O)Nc1nc2cc(C(N)=O)cc(OC)c2n1C/C=C/Cn1c(NC(=O)c2cc(C)nn2CC)nc2cc(C(N)=O)cc(OCC#CCC3CCCN(C(=O)O)C3)c21. The van der Waals surface area contributed by atoms with Crippen molar-refractivity contribution in [1.29, 1.82) is 0 Å². The molecule has 5 amide bonds. The van der Waals surface area contributed by atoms with E-state index >= 15 is 0 Å². The van der Waals surface area contributed by atoms with Gasteiger partial charge in [0.15, 0.2) is 0 Å². The van der Waals surface area contributed by atoms with Crippen LogP contribution in [-0.2, 0) is 26.2 Å². The molecule has 0 bridgehead atoms. The van der Waals surface area contributed by atoms with Crippen LogP contribution in [-0.4, -0.2) is 105 Å². The lowest BCUT2D eigenvalue weighted by Crippen LogP contribution is -2.38. The second kappa shape index (κ2) is 19.7. The topological polar surface area (TPSA) is 275 Å². The molecule has 1 fully saturated rings. The molecule has 7 rings (SSSR count). The lowest BCUT2D eigenvalue weighted by Gasteiger charge is -2.29. The molecule has 0 saturated carbocycles. The van der Waals surface area contributed by atoms with Crippen molar-refractivity contribution in [1.82, 2.24) is 43.6 Å². The number of amides is 5. The highest BCUT2D eigenvalue weighted by Crippen LogP contribution is 2.33. The Morgan fingerprint density at radius 1 is 0.788 bits per heavy atom. The Balaban J connectivity index is 1.24. The molecule has 7 N–H and O–H groups in total. The predicted octanol–water partition coefficient (Wildman–Crippen LogP) is 4.57. The third kappa shape index (κ3) is 9.81. The fourth-order valence-electron chi connectivity index (χ4n) is 7.97. The van der Waals surface area contributed by atoms with Crippen LogP contribution in [0.15, 0.2) is 48.6 Å². The summed E-state index contributed by atoms with van der Waals surface area (Å²) in [7, 11) is 1.45. The van der Waals surface area contributed by atoms with Crippen molar-refractivity contribution in [2.75, 3.05) is 37.4 Å². The summed E-state index contributed by atoms with van der Waals surface area (Å²) < 4.78 is 18.5. The number of methoxy groups -OCH3 is 1. The third-order valence-electron chi connectivity index (χ3n) is 11.1. The summed E-state index contributed by atoms with van der Waals surface area (Å²) in [5.41, 5.74) is 15.2. The average molecular weight is 902 g/mol. The summed E-state index contributed by atoms with van der Waals surface area (Å²) in [6.07, 6.45) is 4.78. The van der Waals surface area contributed by atoms with Gasteiger partial charge in [-0.05, 0) is 82.9 Å². The molecule has 1 saturated heterocycles. The maximum absolute atomic E-state index is 13.8. The number of primary amides is 2. The number of benzene rings is 2. The van der Waals surface area contributed by atoms with Gasteiger partial charge in [-0.15, -0.1) is 0 Å². The number of allylic oxidation sites excluding steroid dienone is 2. The van der Waals surface area contributed by atoms with Gasteiger partial charge in [-0.2, -0.15) is 10.2 Å². The maximum Gasteiger partial charge on any atom is 0.407 e. The van der Waals surface area contributed by atoms with Crippen LogP contribution >= 0.6 is 0 Å². The summed E-state index contributed by atoms with van der Waals surface area (Å²) in [6.45, 7) is 9.28. The van der Waals surface area contributed by atoms with Gasteiger partial charge < -0.3 is 40.1 Å². The number of nitrogens with zero attached hydrogens (tertiary/aromatic N) is 9. The molecule has 0 radical (unpaired) electrons. The zero-order valence-electron chi connectivity index (χ0n) is 37.3. The van der Waals surface area contributed by atoms with Crippen molar-refractivity contribution in [3.8, 4) is 23.3 Å². The Bertz CT molecular complexity index is 2960. The van der Waals surface area contributed by atoms with Gasteiger partial charge in [-0.1, -0.05) is 24.0 Å². The molecule has 66 heavy (non-hydrogen) atoms. The molecule has 1 atom stereocenters. The second-order valence-electron chi connectivity index (χ2n) is 15.6. The molecule has 2 aromatic carbocycles. The lowest BCUT2D eigenvalue weighted by molar-refractivity contribution is 0.0991. The number of imidazole rings is 2. The van der Waals surface area contributed by atoms with Gasteiger partial charge in [0.1, 0.15) is 40.5 Å². The van der Waals surface area contributed by atoms with E-state index in [1.165, 1.54) is 36.3 Å². The fraction of sp³-hybridized carbons (Fsp3) is 0.356. The highest BCUT2D eigenvalue weighted by Gasteiger charge is 2.25. The zero-order valence-corrected chi connectivity index (χ0v) is 37.3. The van der Waals surface area contributed by atoms with Gasteiger partial charge in [0, 0.05) is 56.8 Å². The van der Waals surface area contributed by atoms with E-state index in [-0.39, 0.29) is 54.4 Å². The molecule has 6 aromatic rings. The summed E-state index contributed by atoms with van der Waals surface area (Å²) in [6, 6.07) is 9.36. The first-order valence-electron chi connectivity index (χ1n) is 21.3. The van der Waals surface area contributed by atoms with E-state index in [2.05, 4.69) is 37.7 Å². The van der Waals surface area contributed by atoms with E-state index in [9.17, 15) is 29.1 Å². The van der Waals surface area contributed by atoms with Gasteiger partial charge >= 0.3 is 6.09 Å². The molecule has 0 spiro atoms. The number of hydrogen-bond donors (Lipinski definition) is 5. The Labute approximate surface area is 378 Å². The normalized spacial score (nSPS) is 13.8.